The van der Waals surface area contributed by atoms with Crippen LogP contribution in [0.15, 0.2) is 18.2 Å². The van der Waals surface area contributed by atoms with Gasteiger partial charge in [-0.05, 0) is 24.6 Å². The highest BCUT2D eigenvalue weighted by molar-refractivity contribution is 5.75. The van der Waals surface area contributed by atoms with Crippen molar-refractivity contribution < 1.29 is 9.18 Å². The Labute approximate surface area is 101 Å². The maximum atomic E-state index is 13.2. The average molecular weight is 236 g/mol. The molecule has 0 bridgehead atoms. The number of rotatable bonds is 3. The fourth-order valence-corrected chi connectivity index (χ4v) is 2.19. The molecule has 1 heterocycles. The fourth-order valence-electron chi connectivity index (χ4n) is 2.19. The number of aldehydes is 1. The Balaban J connectivity index is 2.17. The second-order valence-electron chi connectivity index (χ2n) is 4.36. The zero-order valence-corrected chi connectivity index (χ0v) is 9.95. The summed E-state index contributed by atoms with van der Waals surface area (Å²) in [5, 5.41) is 3.29. The smallest absolute Gasteiger partial charge is 0.153 e. The van der Waals surface area contributed by atoms with E-state index in [0.717, 1.165) is 31.7 Å². The van der Waals surface area contributed by atoms with Crippen molar-refractivity contribution in [1.29, 1.82) is 0 Å². The maximum absolute atomic E-state index is 13.2. The van der Waals surface area contributed by atoms with E-state index in [4.69, 9.17) is 0 Å². The number of nitrogens with zero attached hydrogens (tertiary/aromatic N) is 1. The van der Waals surface area contributed by atoms with E-state index in [1.807, 2.05) is 0 Å². The van der Waals surface area contributed by atoms with Gasteiger partial charge >= 0.3 is 0 Å². The molecule has 1 aliphatic heterocycles. The summed E-state index contributed by atoms with van der Waals surface area (Å²) in [6.07, 6.45) is 0.573. The van der Waals surface area contributed by atoms with Gasteiger partial charge in [-0.2, -0.15) is 0 Å². The molecule has 2 rings (SSSR count). The van der Waals surface area contributed by atoms with Crippen LogP contribution in [0.5, 0.6) is 0 Å². The van der Waals surface area contributed by atoms with Gasteiger partial charge in [-0.3, -0.25) is 9.69 Å². The number of benzene rings is 1. The van der Waals surface area contributed by atoms with E-state index < -0.39 is 5.82 Å². The quantitative estimate of drug-likeness (QED) is 0.809. The largest absolute Gasteiger partial charge is 0.314 e. The molecule has 1 unspecified atom stereocenters. The van der Waals surface area contributed by atoms with Crippen LogP contribution in [-0.2, 0) is 0 Å². The van der Waals surface area contributed by atoms with Gasteiger partial charge in [0.05, 0.1) is 5.56 Å². The highest BCUT2D eigenvalue weighted by Crippen LogP contribution is 2.22. The minimum atomic E-state index is -0.448. The van der Waals surface area contributed by atoms with Crippen molar-refractivity contribution in [3.05, 3.63) is 35.1 Å². The molecule has 4 heteroatoms. The first-order valence-electron chi connectivity index (χ1n) is 5.92. The van der Waals surface area contributed by atoms with E-state index in [1.165, 1.54) is 6.07 Å². The molecule has 1 aromatic carbocycles. The Morgan fingerprint density at radius 3 is 2.76 bits per heavy atom. The Kier molecular flexibility index (Phi) is 3.86. The number of piperazine rings is 1. The lowest BCUT2D eigenvalue weighted by Gasteiger charge is -2.33. The predicted octanol–water partition coefficient (Wildman–Crippen LogP) is 1.60. The van der Waals surface area contributed by atoms with Crippen molar-refractivity contribution in [3.8, 4) is 0 Å². The third kappa shape index (κ3) is 2.70. The van der Waals surface area contributed by atoms with E-state index in [0.29, 0.717) is 6.29 Å². The molecule has 0 amide bonds. The first-order valence-corrected chi connectivity index (χ1v) is 5.92. The summed E-state index contributed by atoms with van der Waals surface area (Å²) < 4.78 is 13.2. The molecule has 1 N–H and O–H groups in total. The van der Waals surface area contributed by atoms with E-state index in [1.54, 1.807) is 12.1 Å². The Hall–Kier alpha value is -1.26. The van der Waals surface area contributed by atoms with Gasteiger partial charge in [-0.15, -0.1) is 0 Å². The second kappa shape index (κ2) is 5.38. The van der Waals surface area contributed by atoms with Crippen molar-refractivity contribution >= 4 is 6.29 Å². The number of hydrogen-bond acceptors (Lipinski definition) is 3. The molecule has 17 heavy (non-hydrogen) atoms. The number of hydrogen-bond donors (Lipinski definition) is 1. The van der Waals surface area contributed by atoms with Gasteiger partial charge < -0.3 is 5.32 Å². The topological polar surface area (TPSA) is 32.3 Å². The summed E-state index contributed by atoms with van der Waals surface area (Å²) >= 11 is 0. The molecule has 3 nitrogen and oxygen atoms in total. The standard InChI is InChI=1S/C13H17FN2O/c1-10(16-6-4-15-5-7-16)11-2-3-13(14)12(8-11)9-17/h2-3,8-10,15H,4-7H2,1H3. The van der Waals surface area contributed by atoms with E-state index >= 15 is 0 Å². The predicted molar refractivity (Wildman–Crippen MR) is 64.6 cm³/mol. The molecule has 1 saturated heterocycles. The summed E-state index contributed by atoms with van der Waals surface area (Å²) in [6.45, 7) is 6.01. The Bertz CT molecular complexity index is 402. The molecule has 92 valence electrons. The van der Waals surface area contributed by atoms with Gasteiger partial charge in [-0.1, -0.05) is 6.07 Å². The van der Waals surface area contributed by atoms with E-state index in [2.05, 4.69) is 17.1 Å². The molecular weight excluding hydrogens is 219 g/mol. The zero-order valence-electron chi connectivity index (χ0n) is 9.95. The highest BCUT2D eigenvalue weighted by Gasteiger charge is 2.18. The minimum absolute atomic E-state index is 0.143. The van der Waals surface area contributed by atoms with Gasteiger partial charge in [0, 0.05) is 32.2 Å². The monoisotopic (exact) mass is 236 g/mol. The van der Waals surface area contributed by atoms with E-state index in [-0.39, 0.29) is 11.6 Å². The summed E-state index contributed by atoms with van der Waals surface area (Å²) in [4.78, 5) is 13.0. The minimum Gasteiger partial charge on any atom is -0.314 e. The molecule has 0 aliphatic carbocycles. The molecule has 0 spiro atoms. The van der Waals surface area contributed by atoms with Crippen molar-refractivity contribution in [2.45, 2.75) is 13.0 Å². The fraction of sp³-hybridized carbons (Fsp3) is 0.462. The van der Waals surface area contributed by atoms with Crippen LogP contribution < -0.4 is 5.32 Å². The third-order valence-corrected chi connectivity index (χ3v) is 3.33. The molecule has 1 aromatic rings. The van der Waals surface area contributed by atoms with Crippen LogP contribution in [0.1, 0.15) is 28.9 Å². The van der Waals surface area contributed by atoms with Crippen LogP contribution in [0.3, 0.4) is 0 Å². The van der Waals surface area contributed by atoms with Crippen LogP contribution in [0, 0.1) is 5.82 Å². The summed E-state index contributed by atoms with van der Waals surface area (Å²) in [5.74, 6) is -0.448. The lowest BCUT2D eigenvalue weighted by atomic mass is 10.0. The van der Waals surface area contributed by atoms with Crippen LogP contribution in [0.2, 0.25) is 0 Å². The van der Waals surface area contributed by atoms with Crippen LogP contribution in [-0.4, -0.2) is 37.4 Å². The number of carbonyl (C=O) groups is 1. The summed E-state index contributed by atoms with van der Waals surface area (Å²) in [5.41, 5.74) is 1.14. The first-order chi connectivity index (χ1) is 8.22. The summed E-state index contributed by atoms with van der Waals surface area (Å²) in [7, 11) is 0. The molecular formula is C13H17FN2O. The Morgan fingerprint density at radius 2 is 2.12 bits per heavy atom. The molecule has 1 fully saturated rings. The average Bonchev–Trinajstić information content (AvgIpc) is 2.39. The second-order valence-corrected chi connectivity index (χ2v) is 4.36. The normalized spacial score (nSPS) is 18.9. The Morgan fingerprint density at radius 1 is 1.41 bits per heavy atom. The maximum Gasteiger partial charge on any atom is 0.153 e. The van der Waals surface area contributed by atoms with Crippen molar-refractivity contribution in [2.75, 3.05) is 26.2 Å². The van der Waals surface area contributed by atoms with E-state index in [9.17, 15) is 9.18 Å². The van der Waals surface area contributed by atoms with Crippen molar-refractivity contribution in [3.63, 3.8) is 0 Å². The van der Waals surface area contributed by atoms with Crippen molar-refractivity contribution in [1.82, 2.24) is 10.2 Å². The highest BCUT2D eigenvalue weighted by atomic mass is 19.1. The van der Waals surface area contributed by atoms with Crippen LogP contribution in [0.4, 0.5) is 4.39 Å². The first kappa shape index (κ1) is 12.2. The lowest BCUT2D eigenvalue weighted by molar-refractivity contribution is 0.111. The SMILES string of the molecule is CC(c1ccc(F)c(C=O)c1)N1CCNCC1. The van der Waals surface area contributed by atoms with Gasteiger partial charge in [0.1, 0.15) is 5.82 Å². The van der Waals surface area contributed by atoms with Gasteiger partial charge in [0.15, 0.2) is 6.29 Å². The van der Waals surface area contributed by atoms with Crippen LogP contribution in [0.25, 0.3) is 0 Å². The van der Waals surface area contributed by atoms with Gasteiger partial charge in [-0.25, -0.2) is 4.39 Å². The number of nitrogens with one attached hydrogen (secondary N) is 1. The molecule has 1 atom stereocenters. The molecule has 0 radical (unpaired) electrons. The number of carbonyl (C=O) groups excluding carboxylic acids is 1. The van der Waals surface area contributed by atoms with Crippen LogP contribution >= 0.6 is 0 Å². The van der Waals surface area contributed by atoms with Crippen molar-refractivity contribution in [2.24, 2.45) is 0 Å². The van der Waals surface area contributed by atoms with Gasteiger partial charge in [0.25, 0.3) is 0 Å². The zero-order chi connectivity index (χ0) is 12.3. The molecule has 0 saturated carbocycles. The molecule has 0 aromatic heterocycles. The molecule has 1 aliphatic rings. The number of halogens is 1. The summed E-state index contributed by atoms with van der Waals surface area (Å²) in [6, 6.07) is 5.00. The van der Waals surface area contributed by atoms with Gasteiger partial charge in [0.2, 0.25) is 0 Å². The third-order valence-electron chi connectivity index (χ3n) is 3.33. The lowest BCUT2D eigenvalue weighted by Crippen LogP contribution is -2.44.